The first-order chi connectivity index (χ1) is 11.5. The van der Waals surface area contributed by atoms with Gasteiger partial charge < -0.3 is 10.5 Å². The van der Waals surface area contributed by atoms with Crippen molar-refractivity contribution in [1.29, 1.82) is 5.26 Å². The lowest BCUT2D eigenvalue weighted by atomic mass is 10.0. The Labute approximate surface area is 149 Å². The molecule has 0 aliphatic carbocycles. The van der Waals surface area contributed by atoms with Crippen molar-refractivity contribution in [2.45, 2.75) is 13.3 Å². The monoisotopic (exact) mass is 384 g/mol. The third kappa shape index (κ3) is 4.46. The van der Waals surface area contributed by atoms with Gasteiger partial charge in [0.2, 0.25) is 0 Å². The Morgan fingerprint density at radius 1 is 1.29 bits per heavy atom. The topological polar surface area (TPSA) is 76.1 Å². The van der Waals surface area contributed by atoms with Crippen molar-refractivity contribution in [1.82, 2.24) is 0 Å². The van der Waals surface area contributed by atoms with Crippen LogP contribution in [-0.2, 0) is 11.2 Å². The molecule has 0 atom stereocenters. The number of amides is 1. The van der Waals surface area contributed by atoms with E-state index in [4.69, 9.17) is 15.7 Å². The molecule has 24 heavy (non-hydrogen) atoms. The fraction of sp³-hybridized carbons (Fsp3) is 0.158. The van der Waals surface area contributed by atoms with Gasteiger partial charge in [-0.3, -0.25) is 4.79 Å². The van der Waals surface area contributed by atoms with Crippen LogP contribution in [0.1, 0.15) is 23.6 Å². The number of halogens is 1. The summed E-state index contributed by atoms with van der Waals surface area (Å²) in [6.45, 7) is 2.44. The van der Waals surface area contributed by atoms with Gasteiger partial charge in [0.1, 0.15) is 17.4 Å². The molecule has 0 saturated carbocycles. The Bertz CT molecular complexity index is 822. The van der Waals surface area contributed by atoms with Crippen molar-refractivity contribution in [2.24, 2.45) is 5.73 Å². The zero-order valence-electron chi connectivity index (χ0n) is 13.3. The molecule has 0 aliphatic heterocycles. The number of nitrogens with zero attached hydrogens (tertiary/aromatic N) is 1. The second-order valence-corrected chi connectivity index (χ2v) is 5.96. The van der Waals surface area contributed by atoms with E-state index < -0.39 is 5.91 Å². The Morgan fingerprint density at radius 2 is 2.04 bits per heavy atom. The standard InChI is InChI=1S/C19H17BrN2O2/c1-2-24-18-10-13(9-16(12-21)19(22)23)7-8-15(18)11-14-5-3-4-6-17(14)20/h3-10H,2,11H2,1H3,(H2,22,23)/b16-9+. The highest BCUT2D eigenvalue weighted by Gasteiger charge is 2.09. The number of primary amides is 1. The van der Waals surface area contributed by atoms with Gasteiger partial charge in [-0.2, -0.15) is 5.26 Å². The number of hydrogen-bond donors (Lipinski definition) is 1. The Morgan fingerprint density at radius 3 is 2.67 bits per heavy atom. The van der Waals surface area contributed by atoms with E-state index >= 15 is 0 Å². The number of carbonyl (C=O) groups is 1. The summed E-state index contributed by atoms with van der Waals surface area (Å²) in [5.41, 5.74) is 7.96. The first kappa shape index (κ1) is 17.8. The van der Waals surface area contributed by atoms with Gasteiger partial charge in [-0.25, -0.2) is 0 Å². The van der Waals surface area contributed by atoms with Gasteiger partial charge in [-0.15, -0.1) is 0 Å². The van der Waals surface area contributed by atoms with Crippen LogP contribution in [0, 0.1) is 11.3 Å². The van der Waals surface area contributed by atoms with Crippen molar-refractivity contribution in [2.75, 3.05) is 6.61 Å². The van der Waals surface area contributed by atoms with Crippen LogP contribution in [0.4, 0.5) is 0 Å². The summed E-state index contributed by atoms with van der Waals surface area (Å²) in [4.78, 5) is 11.2. The molecule has 2 aromatic carbocycles. The molecule has 0 aromatic heterocycles. The molecule has 0 spiro atoms. The van der Waals surface area contributed by atoms with Gasteiger partial charge in [0, 0.05) is 10.9 Å². The molecule has 122 valence electrons. The summed E-state index contributed by atoms with van der Waals surface area (Å²) in [6, 6.07) is 15.4. The quantitative estimate of drug-likeness (QED) is 0.607. The zero-order valence-corrected chi connectivity index (χ0v) is 14.8. The molecule has 2 aromatic rings. The number of nitriles is 1. The molecule has 5 heteroatoms. The van der Waals surface area contributed by atoms with E-state index in [2.05, 4.69) is 22.0 Å². The summed E-state index contributed by atoms with van der Waals surface area (Å²) in [7, 11) is 0. The smallest absolute Gasteiger partial charge is 0.259 e. The SMILES string of the molecule is CCOc1cc(/C=C(\C#N)C(N)=O)ccc1Cc1ccccc1Br. The lowest BCUT2D eigenvalue weighted by Gasteiger charge is -2.12. The normalized spacial score (nSPS) is 11.0. The second kappa shape index (κ2) is 8.32. The Kier molecular flexibility index (Phi) is 6.16. The molecule has 0 fully saturated rings. The van der Waals surface area contributed by atoms with E-state index in [1.807, 2.05) is 43.3 Å². The van der Waals surface area contributed by atoms with Gasteiger partial charge in [-0.1, -0.05) is 46.3 Å². The van der Waals surface area contributed by atoms with Crippen LogP contribution in [0.2, 0.25) is 0 Å². The van der Waals surface area contributed by atoms with Crippen LogP contribution in [0.15, 0.2) is 52.5 Å². The predicted octanol–water partition coefficient (Wildman–Crippen LogP) is 3.83. The maximum Gasteiger partial charge on any atom is 0.259 e. The largest absolute Gasteiger partial charge is 0.494 e. The summed E-state index contributed by atoms with van der Waals surface area (Å²) in [6.07, 6.45) is 2.18. The van der Waals surface area contributed by atoms with Crippen LogP contribution in [0.25, 0.3) is 6.08 Å². The number of ether oxygens (including phenoxy) is 1. The number of rotatable bonds is 6. The van der Waals surface area contributed by atoms with Gasteiger partial charge in [0.25, 0.3) is 5.91 Å². The van der Waals surface area contributed by atoms with Gasteiger partial charge in [-0.05, 0) is 41.8 Å². The minimum absolute atomic E-state index is 0.0870. The molecule has 0 saturated heterocycles. The van der Waals surface area contributed by atoms with Crippen LogP contribution >= 0.6 is 15.9 Å². The fourth-order valence-electron chi connectivity index (χ4n) is 2.27. The molecule has 2 N–H and O–H groups in total. The highest BCUT2D eigenvalue weighted by atomic mass is 79.9. The molecule has 4 nitrogen and oxygen atoms in total. The lowest BCUT2D eigenvalue weighted by molar-refractivity contribution is -0.114. The molecule has 2 rings (SSSR count). The number of hydrogen-bond acceptors (Lipinski definition) is 3. The Balaban J connectivity index is 2.39. The second-order valence-electron chi connectivity index (χ2n) is 5.10. The minimum Gasteiger partial charge on any atom is -0.494 e. The third-order valence-electron chi connectivity index (χ3n) is 3.43. The molecule has 0 unspecified atom stereocenters. The predicted molar refractivity (Wildman–Crippen MR) is 97.3 cm³/mol. The van der Waals surface area contributed by atoms with Crippen LogP contribution in [0.3, 0.4) is 0 Å². The average Bonchev–Trinajstić information content (AvgIpc) is 2.56. The van der Waals surface area contributed by atoms with Gasteiger partial charge >= 0.3 is 0 Å². The highest BCUT2D eigenvalue weighted by molar-refractivity contribution is 9.10. The van der Waals surface area contributed by atoms with Crippen molar-refractivity contribution in [3.05, 3.63) is 69.2 Å². The number of benzene rings is 2. The molecule has 0 aliphatic rings. The molecule has 0 heterocycles. The lowest BCUT2D eigenvalue weighted by Crippen LogP contribution is -2.12. The van der Waals surface area contributed by atoms with E-state index in [1.54, 1.807) is 6.07 Å². The number of carbonyl (C=O) groups excluding carboxylic acids is 1. The third-order valence-corrected chi connectivity index (χ3v) is 4.20. The van der Waals surface area contributed by atoms with Gasteiger partial charge in [0.05, 0.1) is 6.61 Å². The van der Waals surface area contributed by atoms with Crippen LogP contribution in [0.5, 0.6) is 5.75 Å². The van der Waals surface area contributed by atoms with E-state index in [-0.39, 0.29) is 5.57 Å². The zero-order chi connectivity index (χ0) is 17.5. The number of nitrogens with two attached hydrogens (primary N) is 1. The fourth-order valence-corrected chi connectivity index (χ4v) is 2.69. The Hall–Kier alpha value is -2.58. The van der Waals surface area contributed by atoms with Crippen LogP contribution < -0.4 is 10.5 Å². The maximum atomic E-state index is 11.2. The van der Waals surface area contributed by atoms with Crippen molar-refractivity contribution < 1.29 is 9.53 Å². The molecule has 0 bridgehead atoms. The van der Waals surface area contributed by atoms with E-state index in [0.29, 0.717) is 18.6 Å². The van der Waals surface area contributed by atoms with Gasteiger partial charge in [0.15, 0.2) is 0 Å². The van der Waals surface area contributed by atoms with Crippen molar-refractivity contribution in [3.63, 3.8) is 0 Å². The van der Waals surface area contributed by atoms with Crippen LogP contribution in [-0.4, -0.2) is 12.5 Å². The molecular weight excluding hydrogens is 368 g/mol. The first-order valence-corrected chi connectivity index (χ1v) is 8.25. The van der Waals surface area contributed by atoms with E-state index in [1.165, 1.54) is 6.08 Å². The van der Waals surface area contributed by atoms with E-state index in [0.717, 1.165) is 21.3 Å². The first-order valence-electron chi connectivity index (χ1n) is 7.46. The summed E-state index contributed by atoms with van der Waals surface area (Å²) in [5.74, 6) is -0.0171. The molecule has 1 amide bonds. The minimum atomic E-state index is -0.743. The summed E-state index contributed by atoms with van der Waals surface area (Å²) in [5, 5.41) is 8.95. The molecular formula is C19H17BrN2O2. The average molecular weight is 385 g/mol. The summed E-state index contributed by atoms with van der Waals surface area (Å²) >= 11 is 3.55. The molecule has 0 radical (unpaired) electrons. The maximum absolute atomic E-state index is 11.2. The van der Waals surface area contributed by atoms with Crippen molar-refractivity contribution in [3.8, 4) is 11.8 Å². The van der Waals surface area contributed by atoms with Crippen molar-refractivity contribution >= 4 is 27.9 Å². The summed E-state index contributed by atoms with van der Waals surface area (Å²) < 4.78 is 6.76. The van der Waals surface area contributed by atoms with E-state index in [9.17, 15) is 4.79 Å². The highest BCUT2D eigenvalue weighted by Crippen LogP contribution is 2.27.